The molecule has 0 spiro atoms. The molecule has 0 fully saturated rings. The molecular formula is C14H22N2O4. The van der Waals surface area contributed by atoms with Crippen LogP contribution in [0.3, 0.4) is 0 Å². The molecule has 1 aromatic carbocycles. The van der Waals surface area contributed by atoms with Crippen LogP contribution in [0.1, 0.15) is 18.9 Å². The van der Waals surface area contributed by atoms with Crippen LogP contribution < -0.4 is 10.5 Å². The van der Waals surface area contributed by atoms with Crippen LogP contribution in [0.4, 0.5) is 0 Å². The van der Waals surface area contributed by atoms with Crippen LogP contribution in [0.2, 0.25) is 0 Å². The van der Waals surface area contributed by atoms with Gasteiger partial charge in [0, 0.05) is 12.2 Å². The van der Waals surface area contributed by atoms with E-state index < -0.39 is 0 Å². The highest BCUT2D eigenvalue weighted by atomic mass is 16.5. The first-order valence-corrected chi connectivity index (χ1v) is 6.64. The number of rotatable bonds is 10. The van der Waals surface area contributed by atoms with Gasteiger partial charge in [-0.05, 0) is 30.7 Å². The number of benzene rings is 1. The normalized spacial score (nSPS) is 11.6. The lowest BCUT2D eigenvalue weighted by Gasteiger charge is -2.08. The third-order valence-electron chi connectivity index (χ3n) is 2.47. The van der Waals surface area contributed by atoms with Gasteiger partial charge in [-0.1, -0.05) is 12.1 Å². The van der Waals surface area contributed by atoms with Gasteiger partial charge in [0.25, 0.3) is 0 Å². The van der Waals surface area contributed by atoms with Crippen LogP contribution in [0.5, 0.6) is 5.75 Å². The first kappa shape index (κ1) is 16.3. The molecule has 0 saturated carbocycles. The average molecular weight is 282 g/mol. The molecule has 1 aromatic rings. The Balaban J connectivity index is 2.13. The lowest BCUT2D eigenvalue weighted by atomic mass is 10.2. The Hall–Kier alpha value is -1.79. The third kappa shape index (κ3) is 6.40. The second-order valence-electron chi connectivity index (χ2n) is 4.08. The quantitative estimate of drug-likeness (QED) is 0.224. The summed E-state index contributed by atoms with van der Waals surface area (Å²) in [5.41, 5.74) is 6.10. The van der Waals surface area contributed by atoms with Crippen molar-refractivity contribution in [3.8, 4) is 5.75 Å². The molecule has 6 heteroatoms. The molecule has 0 saturated heterocycles. The van der Waals surface area contributed by atoms with Gasteiger partial charge in [-0.15, -0.1) is 0 Å². The molecule has 0 amide bonds. The van der Waals surface area contributed by atoms with Crippen molar-refractivity contribution in [3.05, 3.63) is 29.8 Å². The highest BCUT2D eigenvalue weighted by molar-refractivity contribution is 5.97. The van der Waals surface area contributed by atoms with E-state index in [1.165, 1.54) is 0 Å². The lowest BCUT2D eigenvalue weighted by molar-refractivity contribution is 0.0366. The average Bonchev–Trinajstić information content (AvgIpc) is 2.50. The van der Waals surface area contributed by atoms with Crippen LogP contribution in [-0.2, 0) is 9.47 Å². The maximum Gasteiger partial charge on any atom is 0.170 e. The predicted octanol–water partition coefficient (Wildman–Crippen LogP) is 1.60. The minimum atomic E-state index is 0.0759. The van der Waals surface area contributed by atoms with E-state index in [1.54, 1.807) is 24.3 Å². The van der Waals surface area contributed by atoms with Crippen molar-refractivity contribution in [2.45, 2.75) is 13.3 Å². The van der Waals surface area contributed by atoms with E-state index in [0.29, 0.717) is 37.7 Å². The van der Waals surface area contributed by atoms with E-state index in [2.05, 4.69) is 12.1 Å². The zero-order valence-electron chi connectivity index (χ0n) is 11.7. The Bertz CT molecular complexity index is 393. The van der Waals surface area contributed by atoms with E-state index in [-0.39, 0.29) is 5.84 Å². The van der Waals surface area contributed by atoms with Crippen molar-refractivity contribution in [2.24, 2.45) is 10.9 Å². The number of nitrogens with two attached hydrogens (primary N) is 1. The third-order valence-corrected chi connectivity index (χ3v) is 2.47. The monoisotopic (exact) mass is 282 g/mol. The summed E-state index contributed by atoms with van der Waals surface area (Å²) in [6.07, 6.45) is 1.02. The summed E-state index contributed by atoms with van der Waals surface area (Å²) < 4.78 is 16.1. The van der Waals surface area contributed by atoms with Gasteiger partial charge in [-0.25, -0.2) is 0 Å². The molecule has 1 rings (SSSR count). The summed E-state index contributed by atoms with van der Waals surface area (Å²) in [6.45, 7) is 5.01. The topological polar surface area (TPSA) is 86.3 Å². The van der Waals surface area contributed by atoms with E-state index >= 15 is 0 Å². The molecule has 0 aromatic heterocycles. The Labute approximate surface area is 119 Å². The molecule has 0 radical (unpaired) electrons. The van der Waals surface area contributed by atoms with Gasteiger partial charge in [-0.2, -0.15) is 0 Å². The number of nitrogens with zero attached hydrogens (tertiary/aromatic N) is 1. The van der Waals surface area contributed by atoms with E-state index in [0.717, 1.165) is 13.0 Å². The Morgan fingerprint density at radius 3 is 2.25 bits per heavy atom. The SMILES string of the molecule is CCCOCCOCCOc1ccc(C(N)=NO)cc1. The van der Waals surface area contributed by atoms with Crippen molar-refractivity contribution < 1.29 is 19.4 Å². The highest BCUT2D eigenvalue weighted by Crippen LogP contribution is 2.11. The second kappa shape index (κ2) is 10.1. The van der Waals surface area contributed by atoms with E-state index in [1.807, 2.05) is 0 Å². The summed E-state index contributed by atoms with van der Waals surface area (Å²) in [7, 11) is 0. The number of amidine groups is 1. The molecule has 3 N–H and O–H groups in total. The molecular weight excluding hydrogens is 260 g/mol. The molecule has 0 bridgehead atoms. The van der Waals surface area contributed by atoms with Crippen molar-refractivity contribution in [2.75, 3.05) is 33.0 Å². The summed E-state index contributed by atoms with van der Waals surface area (Å²) in [5.74, 6) is 0.789. The van der Waals surface area contributed by atoms with Crippen LogP contribution in [0.25, 0.3) is 0 Å². The summed E-state index contributed by atoms with van der Waals surface area (Å²) in [5, 5.41) is 11.5. The zero-order valence-corrected chi connectivity index (χ0v) is 11.7. The maximum absolute atomic E-state index is 8.54. The first-order valence-electron chi connectivity index (χ1n) is 6.64. The van der Waals surface area contributed by atoms with Gasteiger partial charge in [0.2, 0.25) is 0 Å². The van der Waals surface area contributed by atoms with Crippen LogP contribution in [-0.4, -0.2) is 44.1 Å². The Kier molecular flexibility index (Phi) is 8.17. The summed E-state index contributed by atoms with van der Waals surface area (Å²) in [6, 6.07) is 6.98. The highest BCUT2D eigenvalue weighted by Gasteiger charge is 1.99. The molecule has 0 aliphatic rings. The van der Waals surface area contributed by atoms with Gasteiger partial charge in [0.1, 0.15) is 12.4 Å². The van der Waals surface area contributed by atoms with E-state index in [9.17, 15) is 0 Å². The lowest BCUT2D eigenvalue weighted by Crippen LogP contribution is -2.13. The van der Waals surface area contributed by atoms with Crippen molar-refractivity contribution >= 4 is 5.84 Å². The molecule has 20 heavy (non-hydrogen) atoms. The van der Waals surface area contributed by atoms with Gasteiger partial charge in [-0.3, -0.25) is 0 Å². The molecule has 0 atom stereocenters. The fraction of sp³-hybridized carbons (Fsp3) is 0.500. The summed E-state index contributed by atoms with van der Waals surface area (Å²) >= 11 is 0. The second-order valence-corrected chi connectivity index (χ2v) is 4.08. The maximum atomic E-state index is 8.54. The van der Waals surface area contributed by atoms with E-state index in [4.69, 9.17) is 25.2 Å². The zero-order chi connectivity index (χ0) is 14.6. The fourth-order valence-electron chi connectivity index (χ4n) is 1.46. The fourth-order valence-corrected chi connectivity index (χ4v) is 1.46. The van der Waals surface area contributed by atoms with Crippen LogP contribution in [0.15, 0.2) is 29.4 Å². The minimum Gasteiger partial charge on any atom is -0.491 e. The predicted molar refractivity (Wildman–Crippen MR) is 76.4 cm³/mol. The van der Waals surface area contributed by atoms with Gasteiger partial charge >= 0.3 is 0 Å². The molecule has 0 aliphatic heterocycles. The largest absolute Gasteiger partial charge is 0.491 e. The summed E-state index contributed by atoms with van der Waals surface area (Å²) in [4.78, 5) is 0. The van der Waals surface area contributed by atoms with Gasteiger partial charge in [0.05, 0.1) is 19.8 Å². The number of ether oxygens (including phenoxy) is 3. The Morgan fingerprint density at radius 2 is 1.65 bits per heavy atom. The minimum absolute atomic E-state index is 0.0759. The number of hydrogen-bond acceptors (Lipinski definition) is 5. The van der Waals surface area contributed by atoms with Crippen molar-refractivity contribution in [1.82, 2.24) is 0 Å². The van der Waals surface area contributed by atoms with Crippen LogP contribution >= 0.6 is 0 Å². The smallest absolute Gasteiger partial charge is 0.170 e. The molecule has 0 heterocycles. The standard InChI is InChI=1S/C14H22N2O4/c1-2-7-18-8-9-19-10-11-20-13-5-3-12(4-6-13)14(15)16-17/h3-6,17H,2,7-11H2,1H3,(H2,15,16). The molecule has 6 nitrogen and oxygen atoms in total. The van der Waals surface area contributed by atoms with Crippen LogP contribution in [0, 0.1) is 0 Å². The van der Waals surface area contributed by atoms with Crippen molar-refractivity contribution in [3.63, 3.8) is 0 Å². The molecule has 112 valence electrons. The first-order chi connectivity index (χ1) is 9.77. The van der Waals surface area contributed by atoms with Crippen molar-refractivity contribution in [1.29, 1.82) is 0 Å². The van der Waals surface area contributed by atoms with Gasteiger partial charge in [0.15, 0.2) is 5.84 Å². The molecule has 0 unspecified atom stereocenters. The Morgan fingerprint density at radius 1 is 1.05 bits per heavy atom. The number of oxime groups is 1. The number of hydrogen-bond donors (Lipinski definition) is 2. The molecule has 0 aliphatic carbocycles. The van der Waals surface area contributed by atoms with Gasteiger partial charge < -0.3 is 25.2 Å².